The molecule has 0 radical (unpaired) electrons. The second-order valence-corrected chi connectivity index (χ2v) is 8.01. The van der Waals surface area contributed by atoms with Crippen LogP contribution in [-0.4, -0.2) is 62.3 Å². The molecule has 1 heterocycles. The standard InChI is InChI=1S/C16H22F2N4O4S/c17-12-4-5-14(13(18)11-12)27(25,26)22-9-7-21(8-10-22)15(23)3-1-2-6-20-16(19)24/h4-5,11H,1-3,6-10H2,(H3,19,20,24). The molecule has 150 valence electrons. The van der Waals surface area contributed by atoms with E-state index < -0.39 is 32.6 Å². The SMILES string of the molecule is NC(=O)NCCCCC(=O)N1CCN(S(=O)(=O)c2ccc(F)cc2F)CC1. The van der Waals surface area contributed by atoms with Gasteiger partial charge in [-0.25, -0.2) is 22.0 Å². The lowest BCUT2D eigenvalue weighted by Gasteiger charge is -2.34. The van der Waals surface area contributed by atoms with E-state index >= 15 is 0 Å². The number of urea groups is 1. The molecule has 0 saturated carbocycles. The van der Waals surface area contributed by atoms with Crippen LogP contribution in [0.1, 0.15) is 19.3 Å². The molecule has 2 rings (SSSR count). The zero-order valence-corrected chi connectivity index (χ0v) is 15.5. The molecule has 1 saturated heterocycles. The highest BCUT2D eigenvalue weighted by Crippen LogP contribution is 2.21. The number of rotatable bonds is 7. The van der Waals surface area contributed by atoms with Crippen molar-refractivity contribution in [2.24, 2.45) is 5.73 Å². The number of benzene rings is 1. The van der Waals surface area contributed by atoms with Crippen molar-refractivity contribution in [2.75, 3.05) is 32.7 Å². The molecule has 8 nitrogen and oxygen atoms in total. The Bertz CT molecular complexity index is 796. The van der Waals surface area contributed by atoms with Gasteiger partial charge in [-0.05, 0) is 25.0 Å². The number of hydrogen-bond acceptors (Lipinski definition) is 4. The summed E-state index contributed by atoms with van der Waals surface area (Å²) < 4.78 is 52.9. The first-order valence-corrected chi connectivity index (χ1v) is 9.92. The number of nitrogens with zero attached hydrogens (tertiary/aromatic N) is 2. The lowest BCUT2D eigenvalue weighted by Crippen LogP contribution is -2.50. The Labute approximate surface area is 156 Å². The Morgan fingerprint density at radius 3 is 2.37 bits per heavy atom. The monoisotopic (exact) mass is 404 g/mol. The fraction of sp³-hybridized carbons (Fsp3) is 0.500. The molecule has 0 bridgehead atoms. The van der Waals surface area contributed by atoms with Gasteiger partial charge in [0.15, 0.2) is 0 Å². The number of unbranched alkanes of at least 4 members (excludes halogenated alkanes) is 1. The number of piperazine rings is 1. The molecular formula is C16H22F2N4O4S. The predicted octanol–water partition coefficient (Wildman–Crippen LogP) is 0.636. The maximum Gasteiger partial charge on any atom is 0.312 e. The second-order valence-electron chi connectivity index (χ2n) is 6.11. The van der Waals surface area contributed by atoms with E-state index in [4.69, 9.17) is 5.73 Å². The number of carbonyl (C=O) groups excluding carboxylic acids is 2. The third-order valence-corrected chi connectivity index (χ3v) is 6.15. The fourth-order valence-corrected chi connectivity index (χ4v) is 4.24. The van der Waals surface area contributed by atoms with Crippen molar-refractivity contribution in [2.45, 2.75) is 24.2 Å². The van der Waals surface area contributed by atoms with Gasteiger partial charge in [-0.15, -0.1) is 0 Å². The third kappa shape index (κ3) is 5.60. The van der Waals surface area contributed by atoms with Gasteiger partial charge in [0, 0.05) is 45.2 Å². The van der Waals surface area contributed by atoms with Crippen LogP contribution in [0.3, 0.4) is 0 Å². The summed E-state index contributed by atoms with van der Waals surface area (Å²) in [5, 5.41) is 2.43. The minimum Gasteiger partial charge on any atom is -0.352 e. The average Bonchev–Trinajstić information content (AvgIpc) is 2.60. The molecule has 0 aliphatic carbocycles. The Kier molecular flexibility index (Phi) is 7.08. The number of nitrogens with two attached hydrogens (primary N) is 1. The number of primary amides is 1. The Morgan fingerprint density at radius 1 is 1.11 bits per heavy atom. The van der Waals surface area contributed by atoms with E-state index in [0.29, 0.717) is 25.5 Å². The lowest BCUT2D eigenvalue weighted by molar-refractivity contribution is -0.132. The van der Waals surface area contributed by atoms with Crippen LogP contribution in [0.4, 0.5) is 13.6 Å². The molecule has 0 aromatic heterocycles. The van der Waals surface area contributed by atoms with Crippen LogP contribution in [-0.2, 0) is 14.8 Å². The van der Waals surface area contributed by atoms with Gasteiger partial charge >= 0.3 is 6.03 Å². The highest BCUT2D eigenvalue weighted by Gasteiger charge is 2.31. The molecule has 0 unspecified atom stereocenters. The smallest absolute Gasteiger partial charge is 0.312 e. The predicted molar refractivity (Wildman–Crippen MR) is 93.1 cm³/mol. The number of halogens is 2. The van der Waals surface area contributed by atoms with Crippen LogP contribution in [0, 0.1) is 11.6 Å². The zero-order chi connectivity index (χ0) is 20.0. The summed E-state index contributed by atoms with van der Waals surface area (Å²) in [6.07, 6.45) is 1.45. The maximum absolute atomic E-state index is 13.8. The molecule has 1 aliphatic heterocycles. The number of amides is 3. The summed E-state index contributed by atoms with van der Waals surface area (Å²) in [6.45, 7) is 0.848. The second kappa shape index (κ2) is 9.09. The average molecular weight is 404 g/mol. The highest BCUT2D eigenvalue weighted by atomic mass is 32.2. The molecular weight excluding hydrogens is 382 g/mol. The molecule has 27 heavy (non-hydrogen) atoms. The first-order valence-electron chi connectivity index (χ1n) is 8.48. The van der Waals surface area contributed by atoms with Crippen LogP contribution in [0.25, 0.3) is 0 Å². The normalized spacial score (nSPS) is 15.6. The number of nitrogens with one attached hydrogen (secondary N) is 1. The van der Waals surface area contributed by atoms with Crippen molar-refractivity contribution in [1.82, 2.24) is 14.5 Å². The molecule has 11 heteroatoms. The van der Waals surface area contributed by atoms with Crippen molar-refractivity contribution in [3.05, 3.63) is 29.8 Å². The Balaban J connectivity index is 1.85. The van der Waals surface area contributed by atoms with Gasteiger partial charge in [0.25, 0.3) is 0 Å². The van der Waals surface area contributed by atoms with Gasteiger partial charge in [0.2, 0.25) is 15.9 Å². The van der Waals surface area contributed by atoms with Gasteiger partial charge in [-0.3, -0.25) is 4.79 Å². The number of hydrogen-bond donors (Lipinski definition) is 2. The van der Waals surface area contributed by atoms with Gasteiger partial charge in [-0.1, -0.05) is 0 Å². The zero-order valence-electron chi connectivity index (χ0n) is 14.7. The van der Waals surface area contributed by atoms with Crippen LogP contribution in [0.5, 0.6) is 0 Å². The van der Waals surface area contributed by atoms with Crippen LogP contribution in [0.15, 0.2) is 23.1 Å². The molecule has 3 N–H and O–H groups in total. The molecule has 1 aliphatic rings. The Morgan fingerprint density at radius 2 is 1.78 bits per heavy atom. The van der Waals surface area contributed by atoms with E-state index in [1.165, 1.54) is 0 Å². The van der Waals surface area contributed by atoms with Gasteiger partial charge in [0.05, 0.1) is 0 Å². The van der Waals surface area contributed by atoms with Gasteiger partial charge < -0.3 is 16.0 Å². The van der Waals surface area contributed by atoms with E-state index in [1.54, 1.807) is 4.90 Å². The summed E-state index contributed by atoms with van der Waals surface area (Å²) in [7, 11) is -4.09. The minimum absolute atomic E-state index is 0.0358. The maximum atomic E-state index is 13.8. The summed E-state index contributed by atoms with van der Waals surface area (Å²) >= 11 is 0. The fourth-order valence-electron chi connectivity index (χ4n) is 2.77. The van der Waals surface area contributed by atoms with Crippen molar-refractivity contribution < 1.29 is 26.8 Å². The first-order chi connectivity index (χ1) is 12.7. The van der Waals surface area contributed by atoms with Gasteiger partial charge in [-0.2, -0.15) is 4.31 Å². The van der Waals surface area contributed by atoms with Crippen LogP contribution >= 0.6 is 0 Å². The molecule has 0 spiro atoms. The van der Waals surface area contributed by atoms with E-state index in [1.807, 2.05) is 0 Å². The number of sulfonamides is 1. The topological polar surface area (TPSA) is 113 Å². The molecule has 0 atom stereocenters. The van der Waals surface area contributed by atoms with Crippen molar-refractivity contribution in [1.29, 1.82) is 0 Å². The van der Waals surface area contributed by atoms with Crippen LogP contribution < -0.4 is 11.1 Å². The Hall–Kier alpha value is -2.27. The number of carbonyl (C=O) groups is 2. The highest BCUT2D eigenvalue weighted by molar-refractivity contribution is 7.89. The van der Waals surface area contributed by atoms with E-state index in [9.17, 15) is 26.8 Å². The summed E-state index contributed by atoms with van der Waals surface area (Å²) in [4.78, 5) is 23.7. The van der Waals surface area contributed by atoms with Crippen molar-refractivity contribution in [3.8, 4) is 0 Å². The molecule has 1 aromatic rings. The molecule has 1 fully saturated rings. The minimum atomic E-state index is -4.09. The summed E-state index contributed by atoms with van der Waals surface area (Å²) in [5.74, 6) is -2.11. The quantitative estimate of drug-likeness (QED) is 0.649. The summed E-state index contributed by atoms with van der Waals surface area (Å²) in [5.41, 5.74) is 4.94. The first kappa shape index (κ1) is 21.0. The van der Waals surface area contributed by atoms with Crippen molar-refractivity contribution >= 4 is 22.0 Å². The van der Waals surface area contributed by atoms with Gasteiger partial charge in [0.1, 0.15) is 16.5 Å². The summed E-state index contributed by atoms with van der Waals surface area (Å²) in [6, 6.07) is 1.71. The lowest BCUT2D eigenvalue weighted by atomic mass is 10.2. The van der Waals surface area contributed by atoms with Crippen molar-refractivity contribution in [3.63, 3.8) is 0 Å². The molecule has 1 aromatic carbocycles. The van der Waals surface area contributed by atoms with Crippen LogP contribution in [0.2, 0.25) is 0 Å². The van der Waals surface area contributed by atoms with E-state index in [-0.39, 0.29) is 38.5 Å². The van der Waals surface area contributed by atoms with E-state index in [0.717, 1.165) is 16.4 Å². The largest absolute Gasteiger partial charge is 0.352 e. The third-order valence-electron chi connectivity index (χ3n) is 4.22. The van der Waals surface area contributed by atoms with E-state index in [2.05, 4.69) is 5.32 Å². The molecule has 3 amide bonds.